The van der Waals surface area contributed by atoms with Gasteiger partial charge in [0.25, 0.3) is 0 Å². The van der Waals surface area contributed by atoms with E-state index >= 15 is 0 Å². The van der Waals surface area contributed by atoms with E-state index < -0.39 is 0 Å². The van der Waals surface area contributed by atoms with Gasteiger partial charge in [-0.25, -0.2) is 0 Å². The number of aryl methyl sites for hydroxylation is 1. The van der Waals surface area contributed by atoms with E-state index in [9.17, 15) is 0 Å². The zero-order valence-electron chi connectivity index (χ0n) is 7.91. The van der Waals surface area contributed by atoms with Gasteiger partial charge in [0.05, 0.1) is 3.70 Å². The van der Waals surface area contributed by atoms with Crippen LogP contribution in [0.15, 0.2) is 43.0 Å². The van der Waals surface area contributed by atoms with Crippen molar-refractivity contribution in [2.45, 2.75) is 13.0 Å². The minimum atomic E-state index is 1.02. The average molecular weight is 297 g/mol. The van der Waals surface area contributed by atoms with Crippen molar-refractivity contribution >= 4 is 33.5 Å². The Morgan fingerprint density at radius 3 is 2.93 bits per heavy atom. The maximum atomic E-state index is 3.75. The van der Waals surface area contributed by atoms with E-state index in [1.165, 1.54) is 14.6 Å². The van der Waals surface area contributed by atoms with E-state index in [1.807, 2.05) is 6.08 Å². The Morgan fingerprint density at radius 1 is 1.36 bits per heavy atom. The maximum Gasteiger partial charge on any atom is 0.0809 e. The zero-order chi connectivity index (χ0) is 9.97. The summed E-state index contributed by atoms with van der Waals surface area (Å²) in [6.07, 6.45) is 2.99. The number of nitrogens with zero attached hydrogens (tertiary/aromatic N) is 1. The van der Waals surface area contributed by atoms with Crippen LogP contribution in [0.4, 0.5) is 0 Å². The lowest BCUT2D eigenvalue weighted by molar-refractivity contribution is 0.723. The van der Waals surface area contributed by atoms with Gasteiger partial charge in [0, 0.05) is 17.4 Å². The number of aromatic nitrogens is 1. The van der Waals surface area contributed by atoms with Crippen molar-refractivity contribution in [1.29, 1.82) is 0 Å². The predicted octanol–water partition coefficient (Wildman–Crippen LogP) is 3.82. The van der Waals surface area contributed by atoms with Crippen molar-refractivity contribution in [1.82, 2.24) is 4.57 Å². The van der Waals surface area contributed by atoms with E-state index in [4.69, 9.17) is 0 Å². The molecule has 0 unspecified atom stereocenters. The molecule has 0 saturated carbocycles. The zero-order valence-corrected chi connectivity index (χ0v) is 10.1. The third-order valence-electron chi connectivity index (χ3n) is 2.32. The molecule has 0 fully saturated rings. The van der Waals surface area contributed by atoms with Crippen LogP contribution < -0.4 is 0 Å². The SMILES string of the molecule is C=CCCn1c(I)cc2ccccc21. The molecule has 1 aromatic carbocycles. The fraction of sp³-hybridized carbons (Fsp3) is 0.167. The molecule has 0 radical (unpaired) electrons. The van der Waals surface area contributed by atoms with Gasteiger partial charge < -0.3 is 4.57 Å². The van der Waals surface area contributed by atoms with Crippen LogP contribution in [-0.2, 0) is 6.54 Å². The van der Waals surface area contributed by atoms with E-state index in [1.54, 1.807) is 0 Å². The molecular weight excluding hydrogens is 285 g/mol. The van der Waals surface area contributed by atoms with Crippen LogP contribution in [-0.4, -0.2) is 4.57 Å². The minimum absolute atomic E-state index is 1.02. The highest BCUT2D eigenvalue weighted by Gasteiger charge is 2.03. The van der Waals surface area contributed by atoms with Crippen molar-refractivity contribution in [2.75, 3.05) is 0 Å². The molecular formula is C12H12IN. The molecule has 0 aliphatic heterocycles. The summed E-state index contributed by atoms with van der Waals surface area (Å²) in [6.45, 7) is 4.78. The predicted molar refractivity (Wildman–Crippen MR) is 69.5 cm³/mol. The van der Waals surface area contributed by atoms with Gasteiger partial charge in [0.15, 0.2) is 0 Å². The number of halogens is 1. The molecule has 2 rings (SSSR count). The first-order chi connectivity index (χ1) is 6.83. The fourth-order valence-electron chi connectivity index (χ4n) is 1.62. The molecule has 0 amide bonds. The minimum Gasteiger partial charge on any atom is -0.336 e. The first-order valence-corrected chi connectivity index (χ1v) is 5.75. The van der Waals surface area contributed by atoms with Gasteiger partial charge in [-0.15, -0.1) is 6.58 Å². The monoisotopic (exact) mass is 297 g/mol. The van der Waals surface area contributed by atoms with Crippen LogP contribution in [0.3, 0.4) is 0 Å². The largest absolute Gasteiger partial charge is 0.336 e. The molecule has 14 heavy (non-hydrogen) atoms. The van der Waals surface area contributed by atoms with E-state index in [0.29, 0.717) is 0 Å². The molecule has 0 atom stereocenters. The summed E-state index contributed by atoms with van der Waals surface area (Å²) < 4.78 is 3.63. The first-order valence-electron chi connectivity index (χ1n) is 4.67. The summed E-state index contributed by atoms with van der Waals surface area (Å²) in [4.78, 5) is 0. The van der Waals surface area contributed by atoms with Gasteiger partial charge in [-0.2, -0.15) is 0 Å². The molecule has 0 saturated heterocycles. The summed E-state index contributed by atoms with van der Waals surface area (Å²) >= 11 is 2.38. The van der Waals surface area contributed by atoms with Crippen LogP contribution in [0.1, 0.15) is 6.42 Å². The second kappa shape index (κ2) is 4.17. The summed E-state index contributed by atoms with van der Waals surface area (Å²) in [5, 5.41) is 1.32. The second-order valence-electron chi connectivity index (χ2n) is 3.25. The van der Waals surface area contributed by atoms with Crippen LogP contribution in [0, 0.1) is 3.70 Å². The van der Waals surface area contributed by atoms with Crippen LogP contribution in [0.25, 0.3) is 10.9 Å². The third kappa shape index (κ3) is 1.71. The molecule has 1 aromatic heterocycles. The molecule has 1 nitrogen and oxygen atoms in total. The molecule has 2 heteroatoms. The van der Waals surface area contributed by atoms with Gasteiger partial charge in [-0.1, -0.05) is 24.3 Å². The number of allylic oxidation sites excluding steroid dienone is 1. The molecule has 0 aliphatic carbocycles. The molecule has 0 bridgehead atoms. The van der Waals surface area contributed by atoms with Crippen LogP contribution in [0.2, 0.25) is 0 Å². The first kappa shape index (κ1) is 9.77. The van der Waals surface area contributed by atoms with Gasteiger partial charge in [0.1, 0.15) is 0 Å². The Kier molecular flexibility index (Phi) is 2.91. The standard InChI is InChI=1S/C12H12IN/c1-2-3-8-14-11-7-5-4-6-10(11)9-12(14)13/h2,4-7,9H,1,3,8H2. The van der Waals surface area contributed by atoms with Crippen molar-refractivity contribution in [3.05, 3.63) is 46.7 Å². The highest BCUT2D eigenvalue weighted by Crippen LogP contribution is 2.21. The Labute approximate surface area is 97.6 Å². The Morgan fingerprint density at radius 2 is 2.14 bits per heavy atom. The Bertz CT molecular complexity index is 456. The average Bonchev–Trinajstić information content (AvgIpc) is 2.51. The lowest BCUT2D eigenvalue weighted by Crippen LogP contribution is -1.98. The number of hydrogen-bond donors (Lipinski definition) is 0. The molecule has 1 heterocycles. The van der Waals surface area contributed by atoms with Crippen molar-refractivity contribution in [3.8, 4) is 0 Å². The summed E-state index contributed by atoms with van der Waals surface area (Å²) in [5.74, 6) is 0. The Hall–Kier alpha value is -0.770. The maximum absolute atomic E-state index is 3.75. The van der Waals surface area contributed by atoms with E-state index in [0.717, 1.165) is 13.0 Å². The number of rotatable bonds is 3. The quantitative estimate of drug-likeness (QED) is 0.599. The molecule has 0 spiro atoms. The molecule has 0 aliphatic rings. The lowest BCUT2D eigenvalue weighted by Gasteiger charge is -2.04. The van der Waals surface area contributed by atoms with E-state index in [-0.39, 0.29) is 0 Å². The number of para-hydroxylation sites is 1. The van der Waals surface area contributed by atoms with Crippen molar-refractivity contribution in [2.24, 2.45) is 0 Å². The lowest BCUT2D eigenvalue weighted by atomic mass is 10.2. The Balaban J connectivity index is 2.50. The van der Waals surface area contributed by atoms with Gasteiger partial charge >= 0.3 is 0 Å². The molecule has 72 valence electrons. The highest BCUT2D eigenvalue weighted by molar-refractivity contribution is 14.1. The molecule has 0 N–H and O–H groups in total. The normalized spacial score (nSPS) is 10.6. The number of benzene rings is 1. The van der Waals surface area contributed by atoms with E-state index in [2.05, 4.69) is 64.1 Å². The summed E-state index contributed by atoms with van der Waals surface area (Å²) in [6, 6.07) is 10.7. The topological polar surface area (TPSA) is 4.93 Å². The fourth-order valence-corrected chi connectivity index (χ4v) is 2.46. The number of hydrogen-bond acceptors (Lipinski definition) is 0. The van der Waals surface area contributed by atoms with Crippen molar-refractivity contribution < 1.29 is 0 Å². The third-order valence-corrected chi connectivity index (χ3v) is 3.21. The second-order valence-corrected chi connectivity index (χ2v) is 4.36. The number of fused-ring (bicyclic) bond motifs is 1. The summed E-state index contributed by atoms with van der Waals surface area (Å²) in [5.41, 5.74) is 1.32. The van der Waals surface area contributed by atoms with Crippen LogP contribution in [0.5, 0.6) is 0 Å². The summed E-state index contributed by atoms with van der Waals surface area (Å²) in [7, 11) is 0. The highest BCUT2D eigenvalue weighted by atomic mass is 127. The smallest absolute Gasteiger partial charge is 0.0809 e. The van der Waals surface area contributed by atoms with Gasteiger partial charge in [-0.3, -0.25) is 0 Å². The molecule has 2 aromatic rings. The van der Waals surface area contributed by atoms with Gasteiger partial charge in [-0.05, 0) is 41.1 Å². The van der Waals surface area contributed by atoms with Gasteiger partial charge in [0.2, 0.25) is 0 Å². The van der Waals surface area contributed by atoms with Crippen molar-refractivity contribution in [3.63, 3.8) is 0 Å². The van der Waals surface area contributed by atoms with Crippen LogP contribution >= 0.6 is 22.6 Å².